The first-order valence-corrected chi connectivity index (χ1v) is 7.09. The highest BCUT2D eigenvalue weighted by molar-refractivity contribution is 5.93. The largest absolute Gasteiger partial charge is 0.326 e. The number of benzene rings is 1. The lowest BCUT2D eigenvalue weighted by Crippen LogP contribution is -2.37. The monoisotopic (exact) mass is 260 g/mol. The zero-order chi connectivity index (χ0) is 13.9. The lowest BCUT2D eigenvalue weighted by Gasteiger charge is -2.26. The van der Waals surface area contributed by atoms with Crippen molar-refractivity contribution >= 4 is 11.6 Å². The number of amides is 1. The van der Waals surface area contributed by atoms with E-state index >= 15 is 0 Å². The molecule has 1 aliphatic rings. The Kier molecular flexibility index (Phi) is 4.25. The van der Waals surface area contributed by atoms with Crippen LogP contribution in [-0.4, -0.2) is 19.0 Å². The molecule has 104 valence electrons. The van der Waals surface area contributed by atoms with Gasteiger partial charge in [-0.15, -0.1) is 0 Å². The summed E-state index contributed by atoms with van der Waals surface area (Å²) in [7, 11) is 0. The van der Waals surface area contributed by atoms with Gasteiger partial charge in [0.1, 0.15) is 0 Å². The summed E-state index contributed by atoms with van der Waals surface area (Å²) in [5, 5.41) is 6.39. The van der Waals surface area contributed by atoms with Gasteiger partial charge in [0.15, 0.2) is 0 Å². The minimum Gasteiger partial charge on any atom is -0.326 e. The molecule has 19 heavy (non-hydrogen) atoms. The summed E-state index contributed by atoms with van der Waals surface area (Å²) in [6, 6.07) is 8.09. The molecule has 3 heteroatoms. The van der Waals surface area contributed by atoms with Gasteiger partial charge in [-0.05, 0) is 36.4 Å². The van der Waals surface area contributed by atoms with Crippen molar-refractivity contribution in [3.8, 4) is 0 Å². The number of nitrogens with one attached hydrogen (secondary N) is 2. The Labute approximate surface area is 115 Å². The Morgan fingerprint density at radius 2 is 2.05 bits per heavy atom. The number of piperidine rings is 1. The zero-order valence-electron chi connectivity index (χ0n) is 12.1. The van der Waals surface area contributed by atoms with Crippen LogP contribution in [0.1, 0.15) is 39.2 Å². The number of hydrogen-bond acceptors (Lipinski definition) is 2. The van der Waals surface area contributed by atoms with Gasteiger partial charge < -0.3 is 10.6 Å². The molecule has 0 spiro atoms. The van der Waals surface area contributed by atoms with Gasteiger partial charge in [-0.2, -0.15) is 0 Å². The molecule has 1 heterocycles. The second-order valence-electron chi connectivity index (χ2n) is 6.33. The van der Waals surface area contributed by atoms with Gasteiger partial charge in [-0.1, -0.05) is 39.0 Å². The molecule has 0 unspecified atom stereocenters. The van der Waals surface area contributed by atoms with Crippen LogP contribution in [0.5, 0.6) is 0 Å². The van der Waals surface area contributed by atoms with E-state index in [-0.39, 0.29) is 17.2 Å². The number of hydrogen-bond donors (Lipinski definition) is 2. The van der Waals surface area contributed by atoms with Gasteiger partial charge in [-0.25, -0.2) is 0 Å². The first-order valence-electron chi connectivity index (χ1n) is 7.09. The van der Waals surface area contributed by atoms with Crippen molar-refractivity contribution in [2.45, 2.75) is 39.0 Å². The third kappa shape index (κ3) is 3.57. The van der Waals surface area contributed by atoms with E-state index in [0.29, 0.717) is 0 Å². The molecule has 2 N–H and O–H groups in total. The number of rotatable bonds is 2. The Morgan fingerprint density at radius 1 is 1.32 bits per heavy atom. The van der Waals surface area contributed by atoms with Crippen molar-refractivity contribution in [3.05, 3.63) is 29.8 Å². The van der Waals surface area contributed by atoms with E-state index in [4.69, 9.17) is 0 Å². The molecule has 1 saturated heterocycles. The van der Waals surface area contributed by atoms with E-state index in [1.54, 1.807) is 0 Å². The molecule has 0 radical (unpaired) electrons. The van der Waals surface area contributed by atoms with Crippen molar-refractivity contribution < 1.29 is 4.79 Å². The van der Waals surface area contributed by atoms with Crippen molar-refractivity contribution in [1.82, 2.24) is 5.32 Å². The maximum Gasteiger partial charge on any atom is 0.228 e. The summed E-state index contributed by atoms with van der Waals surface area (Å²) >= 11 is 0. The van der Waals surface area contributed by atoms with Crippen LogP contribution in [0.2, 0.25) is 0 Å². The maximum absolute atomic E-state index is 12.3. The molecule has 1 aromatic carbocycles. The fraction of sp³-hybridized carbons (Fsp3) is 0.562. The highest BCUT2D eigenvalue weighted by Gasteiger charge is 2.23. The summed E-state index contributed by atoms with van der Waals surface area (Å²) in [6.07, 6.45) is 2.07. The summed E-state index contributed by atoms with van der Waals surface area (Å²) in [6.45, 7) is 8.33. The van der Waals surface area contributed by atoms with Gasteiger partial charge in [-0.3, -0.25) is 4.79 Å². The van der Waals surface area contributed by atoms with E-state index < -0.39 is 0 Å². The Balaban J connectivity index is 2.12. The van der Waals surface area contributed by atoms with Crippen LogP contribution in [0.4, 0.5) is 5.69 Å². The average Bonchev–Trinajstić information content (AvgIpc) is 2.39. The highest BCUT2D eigenvalue weighted by Crippen LogP contribution is 2.29. The van der Waals surface area contributed by atoms with E-state index in [2.05, 4.69) is 37.5 Å². The quantitative estimate of drug-likeness (QED) is 0.858. The molecule has 2 rings (SSSR count). The maximum atomic E-state index is 12.3. The Morgan fingerprint density at radius 3 is 2.68 bits per heavy atom. The molecular formula is C16H24N2O. The molecule has 1 aromatic rings. The van der Waals surface area contributed by atoms with Crippen LogP contribution in [0.15, 0.2) is 24.3 Å². The van der Waals surface area contributed by atoms with Crippen LogP contribution in [-0.2, 0) is 10.2 Å². The topological polar surface area (TPSA) is 41.1 Å². The van der Waals surface area contributed by atoms with Crippen molar-refractivity contribution in [2.75, 3.05) is 18.4 Å². The summed E-state index contributed by atoms with van der Waals surface area (Å²) < 4.78 is 0. The molecule has 1 atom stereocenters. The van der Waals surface area contributed by atoms with Crippen LogP contribution in [0.25, 0.3) is 0 Å². The zero-order valence-corrected chi connectivity index (χ0v) is 12.1. The van der Waals surface area contributed by atoms with Gasteiger partial charge >= 0.3 is 0 Å². The smallest absolute Gasteiger partial charge is 0.228 e. The predicted octanol–water partition coefficient (Wildman–Crippen LogP) is 2.92. The summed E-state index contributed by atoms with van der Waals surface area (Å²) in [5.41, 5.74) is 2.17. The van der Waals surface area contributed by atoms with Crippen LogP contribution in [0.3, 0.4) is 0 Å². The predicted molar refractivity (Wildman–Crippen MR) is 79.4 cm³/mol. The first-order chi connectivity index (χ1) is 8.98. The summed E-state index contributed by atoms with van der Waals surface area (Å²) in [5.74, 6) is 0.241. The third-order valence-electron chi connectivity index (χ3n) is 3.66. The van der Waals surface area contributed by atoms with E-state index in [9.17, 15) is 4.79 Å². The molecule has 0 bridgehead atoms. The van der Waals surface area contributed by atoms with Crippen molar-refractivity contribution in [3.63, 3.8) is 0 Å². The summed E-state index contributed by atoms with van der Waals surface area (Å²) in [4.78, 5) is 12.3. The molecule has 0 aromatic heterocycles. The molecule has 0 saturated carbocycles. The molecular weight excluding hydrogens is 236 g/mol. The lowest BCUT2D eigenvalue weighted by atomic mass is 9.85. The van der Waals surface area contributed by atoms with Gasteiger partial charge in [0.25, 0.3) is 0 Å². The van der Waals surface area contributed by atoms with E-state index in [0.717, 1.165) is 31.6 Å². The van der Waals surface area contributed by atoms with Gasteiger partial charge in [0.2, 0.25) is 5.91 Å². The molecule has 3 nitrogen and oxygen atoms in total. The fourth-order valence-electron chi connectivity index (χ4n) is 2.56. The average molecular weight is 260 g/mol. The molecule has 1 amide bonds. The number of carbonyl (C=O) groups excluding carboxylic acids is 1. The van der Waals surface area contributed by atoms with Crippen molar-refractivity contribution in [2.24, 2.45) is 5.92 Å². The third-order valence-corrected chi connectivity index (χ3v) is 3.66. The van der Waals surface area contributed by atoms with Crippen LogP contribution < -0.4 is 10.6 Å². The SMILES string of the molecule is CC(C)(C)c1ccccc1NC(=O)[C@@H]1CCCNC1. The Hall–Kier alpha value is -1.35. The van der Waals surface area contributed by atoms with Gasteiger partial charge in [0, 0.05) is 12.2 Å². The first kappa shape index (κ1) is 14.1. The van der Waals surface area contributed by atoms with Gasteiger partial charge in [0.05, 0.1) is 5.92 Å². The molecule has 1 fully saturated rings. The fourth-order valence-corrected chi connectivity index (χ4v) is 2.56. The second kappa shape index (κ2) is 5.74. The lowest BCUT2D eigenvalue weighted by molar-refractivity contribution is -0.120. The standard InChI is InChI=1S/C16H24N2O/c1-16(2,3)13-8-4-5-9-14(13)18-15(19)12-7-6-10-17-11-12/h4-5,8-9,12,17H,6-7,10-11H2,1-3H3,(H,18,19)/t12-/m1/s1. The van der Waals surface area contributed by atoms with Crippen LogP contribution in [0, 0.1) is 5.92 Å². The minimum atomic E-state index is 0.0364. The highest BCUT2D eigenvalue weighted by atomic mass is 16.1. The number of para-hydroxylation sites is 1. The van der Waals surface area contributed by atoms with Crippen molar-refractivity contribution in [1.29, 1.82) is 0 Å². The number of anilines is 1. The molecule has 0 aliphatic carbocycles. The normalized spacial score (nSPS) is 20.1. The molecule has 1 aliphatic heterocycles. The minimum absolute atomic E-state index is 0.0364. The van der Waals surface area contributed by atoms with E-state index in [1.165, 1.54) is 5.56 Å². The van der Waals surface area contributed by atoms with Crippen LogP contribution >= 0.6 is 0 Å². The Bertz CT molecular complexity index is 442. The second-order valence-corrected chi connectivity index (χ2v) is 6.33. The number of carbonyl (C=O) groups is 1. The van der Waals surface area contributed by atoms with E-state index in [1.807, 2.05) is 18.2 Å².